The second-order valence-electron chi connectivity index (χ2n) is 5.49. The number of carbonyl (C=O) groups is 1. The van der Waals surface area contributed by atoms with Gasteiger partial charge in [-0.25, -0.2) is 0 Å². The fraction of sp³-hybridized carbons (Fsp3) is 0.562. The molecule has 0 fully saturated rings. The second-order valence-corrected chi connectivity index (χ2v) is 5.49. The van der Waals surface area contributed by atoms with Crippen LogP contribution < -0.4 is 10.5 Å². The van der Waals surface area contributed by atoms with E-state index in [2.05, 4.69) is 19.9 Å². The molecule has 1 aromatic carbocycles. The minimum Gasteiger partial charge on any atom is -0.494 e. The highest BCUT2D eigenvalue weighted by molar-refractivity contribution is 5.78. The maximum absolute atomic E-state index is 11.1. The van der Waals surface area contributed by atoms with E-state index in [1.165, 1.54) is 5.56 Å². The summed E-state index contributed by atoms with van der Waals surface area (Å²) in [4.78, 5) is 11.1. The van der Waals surface area contributed by atoms with Crippen molar-refractivity contribution in [3.8, 4) is 5.75 Å². The first-order valence-electron chi connectivity index (χ1n) is 7.14. The Morgan fingerprint density at radius 3 is 2.70 bits per heavy atom. The van der Waals surface area contributed by atoms with Crippen molar-refractivity contribution in [1.29, 1.82) is 0 Å². The smallest absolute Gasteiger partial charge is 0.323 e. The van der Waals surface area contributed by atoms with Crippen LogP contribution in [0.4, 0.5) is 0 Å². The fourth-order valence-electron chi connectivity index (χ4n) is 1.98. The van der Waals surface area contributed by atoms with Crippen LogP contribution in [0.15, 0.2) is 24.3 Å². The van der Waals surface area contributed by atoms with E-state index >= 15 is 0 Å². The van der Waals surface area contributed by atoms with E-state index in [9.17, 15) is 4.79 Å². The van der Waals surface area contributed by atoms with Gasteiger partial charge in [-0.2, -0.15) is 0 Å². The highest BCUT2D eigenvalue weighted by atomic mass is 16.5. The Labute approximate surface area is 120 Å². The first-order chi connectivity index (χ1) is 9.39. The number of aliphatic carboxylic acids is 1. The van der Waals surface area contributed by atoms with Gasteiger partial charge in [0.2, 0.25) is 0 Å². The summed E-state index contributed by atoms with van der Waals surface area (Å²) in [5.74, 6) is 0.342. The third-order valence-electron chi connectivity index (χ3n) is 3.62. The molecule has 0 aliphatic heterocycles. The first kappa shape index (κ1) is 16.5. The van der Waals surface area contributed by atoms with Crippen LogP contribution in [-0.2, 0) is 4.79 Å². The Balaban J connectivity index is 2.45. The molecule has 4 heteroatoms. The third-order valence-corrected chi connectivity index (χ3v) is 3.62. The lowest BCUT2D eigenvalue weighted by atomic mass is 9.92. The molecule has 0 aliphatic rings. The van der Waals surface area contributed by atoms with E-state index in [-0.39, 0.29) is 0 Å². The van der Waals surface area contributed by atoms with Crippen LogP contribution in [-0.4, -0.2) is 23.2 Å². The van der Waals surface area contributed by atoms with Gasteiger partial charge >= 0.3 is 5.97 Å². The molecule has 0 aliphatic carbocycles. The quantitative estimate of drug-likeness (QED) is 0.717. The molecule has 1 unspecified atom stereocenters. The van der Waals surface area contributed by atoms with E-state index < -0.39 is 11.5 Å². The monoisotopic (exact) mass is 279 g/mol. The summed E-state index contributed by atoms with van der Waals surface area (Å²) in [5.41, 5.74) is 5.92. The summed E-state index contributed by atoms with van der Waals surface area (Å²) in [6.07, 6.45) is 1.47. The van der Waals surface area contributed by atoms with Gasteiger partial charge < -0.3 is 15.6 Å². The van der Waals surface area contributed by atoms with Crippen molar-refractivity contribution in [2.75, 3.05) is 6.61 Å². The standard InChI is InChI=1S/C16H25NO3/c1-4-16(17,15(18)19)9-6-10-20-14-8-5-7-13(11-14)12(2)3/h5,7-8,11-12H,4,6,9-10,17H2,1-3H3,(H,18,19). The molecule has 0 heterocycles. The van der Waals surface area contributed by atoms with E-state index in [0.29, 0.717) is 31.8 Å². The average Bonchev–Trinajstić information content (AvgIpc) is 2.43. The lowest BCUT2D eigenvalue weighted by Gasteiger charge is -2.22. The van der Waals surface area contributed by atoms with Crippen molar-refractivity contribution in [2.45, 2.75) is 51.5 Å². The van der Waals surface area contributed by atoms with Crippen molar-refractivity contribution in [3.63, 3.8) is 0 Å². The maximum atomic E-state index is 11.1. The van der Waals surface area contributed by atoms with E-state index in [4.69, 9.17) is 15.6 Å². The van der Waals surface area contributed by atoms with Crippen LogP contribution in [0.5, 0.6) is 5.75 Å². The molecule has 3 N–H and O–H groups in total. The van der Waals surface area contributed by atoms with Crippen LogP contribution in [0.1, 0.15) is 51.5 Å². The van der Waals surface area contributed by atoms with Crippen LogP contribution in [0, 0.1) is 0 Å². The van der Waals surface area contributed by atoms with Crippen molar-refractivity contribution in [3.05, 3.63) is 29.8 Å². The number of carboxylic acids is 1. The molecule has 0 aromatic heterocycles. The largest absolute Gasteiger partial charge is 0.494 e. The number of hydrogen-bond donors (Lipinski definition) is 2. The molecule has 4 nitrogen and oxygen atoms in total. The molecule has 20 heavy (non-hydrogen) atoms. The number of nitrogens with two attached hydrogens (primary N) is 1. The topological polar surface area (TPSA) is 72.5 Å². The summed E-state index contributed by atoms with van der Waals surface area (Å²) >= 11 is 0. The van der Waals surface area contributed by atoms with Gasteiger partial charge in [-0.05, 0) is 42.9 Å². The molecule has 112 valence electrons. The van der Waals surface area contributed by atoms with Crippen molar-refractivity contribution >= 4 is 5.97 Å². The first-order valence-corrected chi connectivity index (χ1v) is 7.14. The number of carboxylic acid groups (broad SMARTS) is 1. The number of ether oxygens (including phenoxy) is 1. The zero-order valence-electron chi connectivity index (χ0n) is 12.6. The number of rotatable bonds is 8. The Bertz CT molecular complexity index is 445. The second kappa shape index (κ2) is 7.29. The minimum absolute atomic E-state index is 0.419. The number of benzene rings is 1. The highest BCUT2D eigenvalue weighted by Gasteiger charge is 2.30. The van der Waals surface area contributed by atoms with Gasteiger partial charge in [-0.1, -0.05) is 32.9 Å². The highest BCUT2D eigenvalue weighted by Crippen LogP contribution is 2.21. The Morgan fingerprint density at radius 1 is 1.45 bits per heavy atom. The van der Waals surface area contributed by atoms with Crippen molar-refractivity contribution in [1.82, 2.24) is 0 Å². The zero-order chi connectivity index (χ0) is 15.2. The molecule has 0 bridgehead atoms. The average molecular weight is 279 g/mol. The van der Waals surface area contributed by atoms with Crippen molar-refractivity contribution < 1.29 is 14.6 Å². The van der Waals surface area contributed by atoms with E-state index in [1.54, 1.807) is 6.92 Å². The summed E-state index contributed by atoms with van der Waals surface area (Å²) in [5, 5.41) is 9.08. The molecule has 1 atom stereocenters. The van der Waals surface area contributed by atoms with Crippen LogP contribution in [0.3, 0.4) is 0 Å². The Hall–Kier alpha value is -1.55. The van der Waals surface area contributed by atoms with Crippen molar-refractivity contribution in [2.24, 2.45) is 5.73 Å². The summed E-state index contributed by atoms with van der Waals surface area (Å²) in [7, 11) is 0. The fourth-order valence-corrected chi connectivity index (χ4v) is 1.98. The Morgan fingerprint density at radius 2 is 2.15 bits per heavy atom. The molecule has 0 radical (unpaired) electrons. The molecule has 1 aromatic rings. The molecule has 0 amide bonds. The third kappa shape index (κ3) is 4.53. The predicted octanol–water partition coefficient (Wildman–Crippen LogP) is 3.16. The van der Waals surface area contributed by atoms with E-state index in [1.807, 2.05) is 18.2 Å². The van der Waals surface area contributed by atoms with Gasteiger partial charge in [0.15, 0.2) is 0 Å². The summed E-state index contributed by atoms with van der Waals surface area (Å²) < 4.78 is 5.67. The minimum atomic E-state index is -1.14. The predicted molar refractivity (Wildman–Crippen MR) is 80.1 cm³/mol. The molecule has 1 rings (SSSR count). The Kier molecular flexibility index (Phi) is 6.02. The zero-order valence-corrected chi connectivity index (χ0v) is 12.6. The SMILES string of the molecule is CCC(N)(CCCOc1cccc(C(C)C)c1)C(=O)O. The van der Waals surface area contributed by atoms with Crippen LogP contribution in [0.2, 0.25) is 0 Å². The lowest BCUT2D eigenvalue weighted by Crippen LogP contribution is -2.47. The van der Waals surface area contributed by atoms with Gasteiger partial charge in [0, 0.05) is 0 Å². The van der Waals surface area contributed by atoms with Crippen LogP contribution in [0.25, 0.3) is 0 Å². The molecule has 0 saturated carbocycles. The van der Waals surface area contributed by atoms with Gasteiger partial charge in [0.25, 0.3) is 0 Å². The maximum Gasteiger partial charge on any atom is 0.323 e. The van der Waals surface area contributed by atoms with Gasteiger partial charge in [-0.15, -0.1) is 0 Å². The molecular formula is C16H25NO3. The van der Waals surface area contributed by atoms with Gasteiger partial charge in [0.05, 0.1) is 6.61 Å². The van der Waals surface area contributed by atoms with Gasteiger partial charge in [-0.3, -0.25) is 4.79 Å². The number of hydrogen-bond acceptors (Lipinski definition) is 3. The molecular weight excluding hydrogens is 254 g/mol. The summed E-state index contributed by atoms with van der Waals surface area (Å²) in [6, 6.07) is 7.99. The lowest BCUT2D eigenvalue weighted by molar-refractivity contribution is -0.143. The molecule has 0 spiro atoms. The molecule has 0 saturated heterocycles. The normalized spacial score (nSPS) is 14.1. The van der Waals surface area contributed by atoms with Crippen LogP contribution >= 0.6 is 0 Å². The van der Waals surface area contributed by atoms with E-state index in [0.717, 1.165) is 5.75 Å². The summed E-state index contributed by atoms with van der Waals surface area (Å²) in [6.45, 7) is 6.54. The van der Waals surface area contributed by atoms with Gasteiger partial charge in [0.1, 0.15) is 11.3 Å².